The largest absolute Gasteiger partial charge is 0.493 e. The number of methoxy groups -OCH3 is 2. The van der Waals surface area contributed by atoms with Crippen LogP contribution in [-0.4, -0.2) is 32.7 Å². The zero-order chi connectivity index (χ0) is 20.6. The van der Waals surface area contributed by atoms with Gasteiger partial charge in [-0.25, -0.2) is 4.79 Å². The Morgan fingerprint density at radius 3 is 2.48 bits per heavy atom. The maximum absolute atomic E-state index is 12.2. The van der Waals surface area contributed by atoms with Crippen LogP contribution in [0.5, 0.6) is 11.5 Å². The molecule has 0 aliphatic carbocycles. The average Bonchev–Trinajstić information content (AvgIpc) is 2.76. The predicted octanol–water partition coefficient (Wildman–Crippen LogP) is 4.05. The van der Waals surface area contributed by atoms with E-state index in [0.29, 0.717) is 22.7 Å². The van der Waals surface area contributed by atoms with Crippen LogP contribution in [0.25, 0.3) is 16.8 Å². The lowest BCUT2D eigenvalue weighted by molar-refractivity contribution is -0.142. The van der Waals surface area contributed by atoms with Gasteiger partial charge in [0, 0.05) is 22.7 Å². The first-order valence-corrected chi connectivity index (χ1v) is 8.96. The van der Waals surface area contributed by atoms with Crippen molar-refractivity contribution in [1.82, 2.24) is 0 Å². The van der Waals surface area contributed by atoms with Crippen LogP contribution in [0.4, 0.5) is 5.69 Å². The fourth-order valence-corrected chi connectivity index (χ4v) is 2.91. The Kier molecular flexibility index (Phi) is 6.47. The summed E-state index contributed by atoms with van der Waals surface area (Å²) in [5, 5.41) is 4.70. The molecule has 148 valence electrons. The van der Waals surface area contributed by atoms with E-state index in [4.69, 9.17) is 14.2 Å². The van der Waals surface area contributed by atoms with Gasteiger partial charge in [0.1, 0.15) is 0 Å². The van der Waals surface area contributed by atoms with Gasteiger partial charge < -0.3 is 19.5 Å². The molecule has 3 aromatic rings. The molecule has 0 fully saturated rings. The summed E-state index contributed by atoms with van der Waals surface area (Å²) in [5.74, 6) is 0.00948. The molecule has 0 saturated heterocycles. The number of esters is 1. The number of anilines is 1. The lowest BCUT2D eigenvalue weighted by Crippen LogP contribution is -2.20. The van der Waals surface area contributed by atoms with E-state index < -0.39 is 11.9 Å². The van der Waals surface area contributed by atoms with E-state index in [1.165, 1.54) is 20.3 Å². The monoisotopic (exact) mass is 391 g/mol. The predicted molar refractivity (Wildman–Crippen MR) is 112 cm³/mol. The summed E-state index contributed by atoms with van der Waals surface area (Å²) in [6.07, 6.45) is 2.79. The highest BCUT2D eigenvalue weighted by Crippen LogP contribution is 2.31. The zero-order valence-electron chi connectivity index (χ0n) is 16.2. The Hall–Kier alpha value is -3.80. The molecule has 0 radical (unpaired) electrons. The van der Waals surface area contributed by atoms with E-state index in [9.17, 15) is 9.59 Å². The molecule has 0 atom stereocenters. The number of para-hydroxylation sites is 1. The number of ether oxygens (including phenoxy) is 3. The van der Waals surface area contributed by atoms with Crippen LogP contribution in [0, 0.1) is 0 Å². The van der Waals surface area contributed by atoms with Crippen molar-refractivity contribution in [2.45, 2.75) is 0 Å². The normalized spacial score (nSPS) is 10.7. The Morgan fingerprint density at radius 1 is 0.931 bits per heavy atom. The summed E-state index contributed by atoms with van der Waals surface area (Å²) in [4.78, 5) is 24.1. The summed E-state index contributed by atoms with van der Waals surface area (Å²) in [6, 6.07) is 18.6. The van der Waals surface area contributed by atoms with E-state index in [-0.39, 0.29) is 6.61 Å². The van der Waals surface area contributed by atoms with Crippen LogP contribution < -0.4 is 14.8 Å². The molecular weight excluding hydrogens is 370 g/mol. The highest BCUT2D eigenvalue weighted by atomic mass is 16.5. The minimum absolute atomic E-state index is 0.387. The summed E-state index contributed by atoms with van der Waals surface area (Å²) in [6.45, 7) is -0.387. The maximum Gasteiger partial charge on any atom is 0.331 e. The Bertz CT molecular complexity index is 1050. The standard InChI is InChI=1S/C23H21NO5/c1-27-20-12-6-9-17(23(20)28-2)13-14-22(26)29-15-21(25)24-19-11-5-8-16-7-3-4-10-18(16)19/h3-14H,15H2,1-2H3,(H,24,25)/b14-13+. The van der Waals surface area contributed by atoms with Crippen LogP contribution in [-0.2, 0) is 14.3 Å². The van der Waals surface area contributed by atoms with E-state index in [1.54, 1.807) is 30.3 Å². The van der Waals surface area contributed by atoms with Crippen molar-refractivity contribution >= 4 is 34.4 Å². The van der Waals surface area contributed by atoms with E-state index in [1.807, 2.05) is 36.4 Å². The number of amides is 1. The number of hydrogen-bond acceptors (Lipinski definition) is 5. The van der Waals surface area contributed by atoms with Crippen molar-refractivity contribution in [3.63, 3.8) is 0 Å². The van der Waals surface area contributed by atoms with Crippen molar-refractivity contribution in [2.24, 2.45) is 0 Å². The molecule has 0 aliphatic heterocycles. The lowest BCUT2D eigenvalue weighted by Gasteiger charge is -2.10. The van der Waals surface area contributed by atoms with Gasteiger partial charge >= 0.3 is 5.97 Å². The number of nitrogens with one attached hydrogen (secondary N) is 1. The lowest BCUT2D eigenvalue weighted by atomic mass is 10.1. The van der Waals surface area contributed by atoms with Crippen molar-refractivity contribution in [1.29, 1.82) is 0 Å². The summed E-state index contributed by atoms with van der Waals surface area (Å²) >= 11 is 0. The molecule has 0 aliphatic rings. The third-order valence-corrected chi connectivity index (χ3v) is 4.24. The third kappa shape index (κ3) is 4.93. The number of fused-ring (bicyclic) bond motifs is 1. The highest BCUT2D eigenvalue weighted by molar-refractivity contribution is 6.03. The van der Waals surface area contributed by atoms with Crippen LogP contribution >= 0.6 is 0 Å². The molecule has 3 aromatic carbocycles. The number of benzene rings is 3. The first-order valence-electron chi connectivity index (χ1n) is 8.96. The van der Waals surface area contributed by atoms with Crippen molar-refractivity contribution in [2.75, 3.05) is 26.1 Å². The SMILES string of the molecule is COc1cccc(/C=C/C(=O)OCC(=O)Nc2cccc3ccccc23)c1OC. The van der Waals surface area contributed by atoms with Crippen molar-refractivity contribution in [3.05, 3.63) is 72.3 Å². The summed E-state index contributed by atoms with van der Waals surface area (Å²) in [7, 11) is 3.05. The molecule has 0 aromatic heterocycles. The molecule has 0 spiro atoms. The fourth-order valence-electron chi connectivity index (χ4n) is 2.91. The molecule has 0 unspecified atom stereocenters. The number of rotatable bonds is 7. The van der Waals surface area contributed by atoms with Gasteiger partial charge in [0.05, 0.1) is 14.2 Å². The van der Waals surface area contributed by atoms with E-state index >= 15 is 0 Å². The van der Waals surface area contributed by atoms with Crippen LogP contribution in [0.3, 0.4) is 0 Å². The molecule has 0 heterocycles. The second-order valence-electron chi connectivity index (χ2n) is 6.10. The molecule has 6 nitrogen and oxygen atoms in total. The van der Waals surface area contributed by atoms with Gasteiger partial charge in [-0.3, -0.25) is 4.79 Å². The Balaban J connectivity index is 1.59. The molecule has 0 saturated carbocycles. The number of carbonyl (C=O) groups is 2. The first-order chi connectivity index (χ1) is 14.1. The summed E-state index contributed by atoms with van der Waals surface area (Å²) in [5.41, 5.74) is 1.32. The van der Waals surface area contributed by atoms with E-state index in [0.717, 1.165) is 10.8 Å². The van der Waals surface area contributed by atoms with Gasteiger partial charge in [0.2, 0.25) is 0 Å². The Morgan fingerprint density at radius 2 is 1.69 bits per heavy atom. The summed E-state index contributed by atoms with van der Waals surface area (Å²) < 4.78 is 15.6. The van der Waals surface area contributed by atoms with Gasteiger partial charge in [-0.15, -0.1) is 0 Å². The Labute approximate surface area is 168 Å². The van der Waals surface area contributed by atoms with Gasteiger partial charge in [-0.2, -0.15) is 0 Å². The molecule has 29 heavy (non-hydrogen) atoms. The van der Waals surface area contributed by atoms with E-state index in [2.05, 4.69) is 5.32 Å². The third-order valence-electron chi connectivity index (χ3n) is 4.24. The number of carbonyl (C=O) groups excluding carboxylic acids is 2. The highest BCUT2D eigenvalue weighted by Gasteiger charge is 2.10. The van der Waals surface area contributed by atoms with Crippen LogP contribution in [0.15, 0.2) is 66.7 Å². The smallest absolute Gasteiger partial charge is 0.331 e. The molecule has 1 N–H and O–H groups in total. The zero-order valence-corrected chi connectivity index (χ0v) is 16.2. The molecule has 6 heteroatoms. The second kappa shape index (κ2) is 9.41. The van der Waals surface area contributed by atoms with Gasteiger partial charge in [0.25, 0.3) is 5.91 Å². The van der Waals surface area contributed by atoms with Gasteiger partial charge in [0.15, 0.2) is 18.1 Å². The minimum atomic E-state index is -0.636. The quantitative estimate of drug-likeness (QED) is 0.486. The van der Waals surface area contributed by atoms with Crippen molar-refractivity contribution in [3.8, 4) is 11.5 Å². The molecule has 1 amide bonds. The van der Waals surface area contributed by atoms with Crippen LogP contribution in [0.2, 0.25) is 0 Å². The second-order valence-corrected chi connectivity index (χ2v) is 6.10. The number of hydrogen-bond donors (Lipinski definition) is 1. The van der Waals surface area contributed by atoms with Gasteiger partial charge in [-0.05, 0) is 23.6 Å². The molecule has 3 rings (SSSR count). The topological polar surface area (TPSA) is 73.9 Å². The molecular formula is C23H21NO5. The fraction of sp³-hybridized carbons (Fsp3) is 0.130. The average molecular weight is 391 g/mol. The maximum atomic E-state index is 12.2. The van der Waals surface area contributed by atoms with Crippen LogP contribution in [0.1, 0.15) is 5.56 Å². The first kappa shape index (κ1) is 19.9. The van der Waals surface area contributed by atoms with Gasteiger partial charge in [-0.1, -0.05) is 48.5 Å². The molecule has 0 bridgehead atoms. The minimum Gasteiger partial charge on any atom is -0.493 e. The van der Waals surface area contributed by atoms with Crippen molar-refractivity contribution < 1.29 is 23.8 Å².